The molecule has 0 atom stereocenters. The van der Waals surface area contributed by atoms with E-state index in [2.05, 4.69) is 171 Å². The van der Waals surface area contributed by atoms with Gasteiger partial charge in [0.2, 0.25) is 0 Å². The highest BCUT2D eigenvalue weighted by Gasteiger charge is 2.23. The van der Waals surface area contributed by atoms with Crippen molar-refractivity contribution in [3.63, 3.8) is 0 Å². The second kappa shape index (κ2) is 11.3. The minimum Gasteiger partial charge on any atom is -0.455 e. The van der Waals surface area contributed by atoms with Crippen molar-refractivity contribution < 1.29 is 8.83 Å². The summed E-state index contributed by atoms with van der Waals surface area (Å²) in [6, 6.07) is 57.7. The molecule has 0 aliphatic carbocycles. The molecular formula is C51H30N2O2. The van der Waals surface area contributed by atoms with E-state index in [1.54, 1.807) is 0 Å². The van der Waals surface area contributed by atoms with Crippen LogP contribution in [0.15, 0.2) is 173 Å². The van der Waals surface area contributed by atoms with Crippen LogP contribution in [0.3, 0.4) is 0 Å². The molecule has 0 aliphatic heterocycles. The number of hydrogen-bond donors (Lipinski definition) is 0. The van der Waals surface area contributed by atoms with Gasteiger partial charge in [0.05, 0.1) is 11.4 Å². The molecule has 0 fully saturated rings. The van der Waals surface area contributed by atoms with Gasteiger partial charge in [0.25, 0.3) is 0 Å². The van der Waals surface area contributed by atoms with E-state index >= 15 is 0 Å². The van der Waals surface area contributed by atoms with E-state index in [9.17, 15) is 0 Å². The summed E-state index contributed by atoms with van der Waals surface area (Å²) in [6.07, 6.45) is 0. The van der Waals surface area contributed by atoms with Gasteiger partial charge in [-0.3, -0.25) is 0 Å². The van der Waals surface area contributed by atoms with Crippen LogP contribution in [0.1, 0.15) is 5.56 Å². The number of fused-ring (bicyclic) bond motifs is 14. The average Bonchev–Trinajstić information content (AvgIpc) is 3.84. The van der Waals surface area contributed by atoms with Gasteiger partial charge in [0.15, 0.2) is 5.82 Å². The summed E-state index contributed by atoms with van der Waals surface area (Å²) in [5.41, 5.74) is 8.83. The molecule has 0 unspecified atom stereocenters. The fraction of sp³-hybridized carbons (Fsp3) is 0.0196. The second-order valence-electron chi connectivity index (χ2n) is 14.6. The van der Waals surface area contributed by atoms with E-state index < -0.39 is 0 Å². The first-order valence-electron chi connectivity index (χ1n) is 18.6. The van der Waals surface area contributed by atoms with E-state index in [0.717, 1.165) is 93.5 Å². The minimum absolute atomic E-state index is 0.637. The summed E-state index contributed by atoms with van der Waals surface area (Å²) in [5, 5.41) is 13.6. The number of aryl methyl sites for hydroxylation is 1. The summed E-state index contributed by atoms with van der Waals surface area (Å²) in [4.78, 5) is 10.7. The Balaban J connectivity index is 1.22. The van der Waals surface area contributed by atoms with E-state index in [4.69, 9.17) is 18.8 Å². The van der Waals surface area contributed by atoms with Crippen molar-refractivity contribution in [2.24, 2.45) is 0 Å². The van der Waals surface area contributed by atoms with Gasteiger partial charge in [-0.05, 0) is 80.3 Å². The molecule has 0 radical (unpaired) electrons. The Morgan fingerprint density at radius 2 is 0.800 bits per heavy atom. The molecule has 0 N–H and O–H groups in total. The smallest absolute Gasteiger partial charge is 0.160 e. The van der Waals surface area contributed by atoms with E-state index in [-0.39, 0.29) is 0 Å². The first-order chi connectivity index (χ1) is 27.2. The van der Waals surface area contributed by atoms with Crippen molar-refractivity contribution in [3.8, 4) is 33.9 Å². The van der Waals surface area contributed by atoms with Crippen molar-refractivity contribution in [1.82, 2.24) is 9.97 Å². The molecule has 0 spiro atoms. The van der Waals surface area contributed by atoms with Gasteiger partial charge < -0.3 is 8.83 Å². The number of benzene rings is 9. The largest absolute Gasteiger partial charge is 0.455 e. The SMILES string of the molecule is Cc1ccc(-c2nc(-c3cc4ccccc4c4c3oc3ccc5ccccc5c34)cc(-c3cc4ccccc4c4c3oc3ccc5ccccc5c34)n2)cc1. The first kappa shape index (κ1) is 30.2. The van der Waals surface area contributed by atoms with Crippen LogP contribution in [0.4, 0.5) is 0 Å². The topological polar surface area (TPSA) is 52.1 Å². The summed E-state index contributed by atoms with van der Waals surface area (Å²) in [6.45, 7) is 2.10. The zero-order valence-corrected chi connectivity index (χ0v) is 29.8. The average molecular weight is 703 g/mol. The first-order valence-corrected chi connectivity index (χ1v) is 18.6. The number of furan rings is 2. The van der Waals surface area contributed by atoms with Crippen molar-refractivity contribution in [2.45, 2.75) is 6.92 Å². The molecule has 3 heterocycles. The molecule has 256 valence electrons. The van der Waals surface area contributed by atoms with Gasteiger partial charge in [-0.2, -0.15) is 0 Å². The highest BCUT2D eigenvalue weighted by molar-refractivity contribution is 6.30. The van der Waals surface area contributed by atoms with Gasteiger partial charge in [0.1, 0.15) is 22.3 Å². The summed E-state index contributed by atoms with van der Waals surface area (Å²) in [5.74, 6) is 0.637. The number of rotatable bonds is 3. The molecular weight excluding hydrogens is 673 g/mol. The Morgan fingerprint density at radius 3 is 1.27 bits per heavy atom. The summed E-state index contributed by atoms with van der Waals surface area (Å²) in [7, 11) is 0. The van der Waals surface area contributed by atoms with Crippen LogP contribution in [0.25, 0.3) is 121 Å². The lowest BCUT2D eigenvalue weighted by molar-refractivity contribution is 0.670. The number of nitrogens with zero attached hydrogens (tertiary/aromatic N) is 2. The van der Waals surface area contributed by atoms with Crippen molar-refractivity contribution >= 4 is 87.0 Å². The molecule has 3 aromatic heterocycles. The molecule has 0 saturated carbocycles. The Kier molecular flexibility index (Phi) is 6.23. The fourth-order valence-corrected chi connectivity index (χ4v) is 8.71. The molecule has 12 rings (SSSR count). The Labute approximate surface area is 314 Å². The quantitative estimate of drug-likeness (QED) is 0.184. The van der Waals surface area contributed by atoms with E-state index in [1.165, 1.54) is 27.1 Å². The molecule has 4 heteroatoms. The zero-order chi connectivity index (χ0) is 36.2. The van der Waals surface area contributed by atoms with Gasteiger partial charge in [-0.1, -0.05) is 139 Å². The summed E-state index contributed by atoms with van der Waals surface area (Å²) < 4.78 is 13.8. The minimum atomic E-state index is 0.637. The Bertz CT molecular complexity index is 3340. The predicted molar refractivity (Wildman–Crippen MR) is 228 cm³/mol. The van der Waals surface area contributed by atoms with Crippen LogP contribution in [0, 0.1) is 6.92 Å². The normalized spacial score (nSPS) is 12.1. The van der Waals surface area contributed by atoms with Gasteiger partial charge in [0, 0.05) is 38.2 Å². The highest BCUT2D eigenvalue weighted by Crippen LogP contribution is 2.46. The Hall–Kier alpha value is -7.30. The molecule has 55 heavy (non-hydrogen) atoms. The second-order valence-corrected chi connectivity index (χ2v) is 14.6. The maximum absolute atomic E-state index is 6.89. The molecule has 12 aromatic rings. The van der Waals surface area contributed by atoms with Crippen LogP contribution >= 0.6 is 0 Å². The lowest BCUT2D eigenvalue weighted by atomic mass is 9.94. The van der Waals surface area contributed by atoms with Crippen LogP contribution in [-0.4, -0.2) is 9.97 Å². The molecule has 0 aliphatic rings. The van der Waals surface area contributed by atoms with Crippen LogP contribution in [0.2, 0.25) is 0 Å². The highest BCUT2D eigenvalue weighted by atomic mass is 16.3. The number of hydrogen-bond acceptors (Lipinski definition) is 4. The molecule has 0 bridgehead atoms. The lowest BCUT2D eigenvalue weighted by Crippen LogP contribution is -1.97. The van der Waals surface area contributed by atoms with Crippen LogP contribution in [0.5, 0.6) is 0 Å². The third kappa shape index (κ3) is 4.46. The zero-order valence-electron chi connectivity index (χ0n) is 29.8. The molecule has 0 amide bonds. The molecule has 4 nitrogen and oxygen atoms in total. The molecule has 0 saturated heterocycles. The van der Waals surface area contributed by atoms with Crippen molar-refractivity contribution in [2.75, 3.05) is 0 Å². The summed E-state index contributed by atoms with van der Waals surface area (Å²) >= 11 is 0. The van der Waals surface area contributed by atoms with Gasteiger partial charge in [-0.25, -0.2) is 9.97 Å². The standard InChI is InChI=1S/C51H30N2O2/c1-29-18-20-32(21-19-29)51-52-41(39-26-33-12-4-8-16-37(33)47-45-35-14-6-2-10-30(35)22-24-43(45)54-49(39)47)28-42(53-51)40-27-34-13-5-9-17-38(34)48-46-36-15-7-3-11-31(36)23-25-44(46)55-50(40)48/h2-28H,1H3. The third-order valence-electron chi connectivity index (χ3n) is 11.3. The number of aromatic nitrogens is 2. The molecule has 9 aromatic carbocycles. The van der Waals surface area contributed by atoms with Crippen LogP contribution in [-0.2, 0) is 0 Å². The van der Waals surface area contributed by atoms with E-state index in [1.807, 2.05) is 0 Å². The van der Waals surface area contributed by atoms with Crippen LogP contribution < -0.4 is 0 Å². The maximum atomic E-state index is 6.89. The maximum Gasteiger partial charge on any atom is 0.160 e. The third-order valence-corrected chi connectivity index (χ3v) is 11.3. The predicted octanol–water partition coefficient (Wildman–Crippen LogP) is 14.2. The van der Waals surface area contributed by atoms with Crippen molar-refractivity contribution in [1.29, 1.82) is 0 Å². The lowest BCUT2D eigenvalue weighted by Gasteiger charge is -2.12. The van der Waals surface area contributed by atoms with Crippen molar-refractivity contribution in [3.05, 3.63) is 169 Å². The van der Waals surface area contributed by atoms with E-state index in [0.29, 0.717) is 5.82 Å². The monoisotopic (exact) mass is 702 g/mol. The fourth-order valence-electron chi connectivity index (χ4n) is 8.71. The Morgan fingerprint density at radius 1 is 0.382 bits per heavy atom. The van der Waals surface area contributed by atoms with Gasteiger partial charge >= 0.3 is 0 Å². The van der Waals surface area contributed by atoms with Gasteiger partial charge in [-0.15, -0.1) is 0 Å².